The van der Waals surface area contributed by atoms with Gasteiger partial charge in [0.25, 0.3) is 0 Å². The van der Waals surface area contributed by atoms with E-state index in [2.05, 4.69) is 30.7 Å². The molecule has 0 unspecified atom stereocenters. The Morgan fingerprint density at radius 3 is 2.96 bits per heavy atom. The molecule has 0 atom stereocenters. The van der Waals surface area contributed by atoms with Crippen LogP contribution in [-0.4, -0.2) is 59.5 Å². The maximum absolute atomic E-state index is 5.97. The summed E-state index contributed by atoms with van der Waals surface area (Å²) in [5.41, 5.74) is 0.859. The minimum Gasteiger partial charge on any atom is -0.379 e. The van der Waals surface area contributed by atoms with Crippen molar-refractivity contribution in [3.8, 4) is 0 Å². The van der Waals surface area contributed by atoms with E-state index in [0.29, 0.717) is 16.8 Å². The van der Waals surface area contributed by atoms with Crippen molar-refractivity contribution in [2.24, 2.45) is 0 Å². The fraction of sp³-hybridized carbons (Fsp3) is 0.400. The standard InChI is InChI=1S/C15H19ClN6O/c16-12-2-1-3-13(10-12)19-14-11-18-21-15(20-14)17-4-5-22-6-8-23-9-7-22/h1-3,10-11H,4-9H2,(H2,17,19,20,21). The van der Waals surface area contributed by atoms with E-state index in [1.807, 2.05) is 24.3 Å². The average Bonchev–Trinajstić information content (AvgIpc) is 2.56. The molecule has 3 rings (SSSR count). The molecule has 1 saturated heterocycles. The Bertz CT molecular complexity index is 635. The Labute approximate surface area is 140 Å². The van der Waals surface area contributed by atoms with Gasteiger partial charge in [0.1, 0.15) is 0 Å². The Hall–Kier alpha value is -1.96. The van der Waals surface area contributed by atoms with Gasteiger partial charge in [0.15, 0.2) is 5.82 Å². The molecular weight excluding hydrogens is 316 g/mol. The third-order valence-electron chi connectivity index (χ3n) is 3.47. The first kappa shape index (κ1) is 15.9. The lowest BCUT2D eigenvalue weighted by Crippen LogP contribution is -2.39. The van der Waals surface area contributed by atoms with Crippen molar-refractivity contribution in [1.82, 2.24) is 20.1 Å². The molecule has 23 heavy (non-hydrogen) atoms. The topological polar surface area (TPSA) is 75.2 Å². The second-order valence-electron chi connectivity index (χ2n) is 5.18. The fourth-order valence-electron chi connectivity index (χ4n) is 2.30. The van der Waals surface area contributed by atoms with Crippen LogP contribution in [0.25, 0.3) is 0 Å². The molecule has 0 spiro atoms. The lowest BCUT2D eigenvalue weighted by molar-refractivity contribution is 0.0398. The first-order valence-electron chi connectivity index (χ1n) is 7.56. The molecule has 122 valence electrons. The van der Waals surface area contributed by atoms with Crippen LogP contribution < -0.4 is 10.6 Å². The number of hydrogen-bond acceptors (Lipinski definition) is 7. The average molecular weight is 335 g/mol. The Morgan fingerprint density at radius 1 is 1.26 bits per heavy atom. The summed E-state index contributed by atoms with van der Waals surface area (Å²) >= 11 is 5.97. The minimum atomic E-state index is 0.505. The van der Waals surface area contributed by atoms with Gasteiger partial charge in [0, 0.05) is 36.9 Å². The number of halogens is 1. The van der Waals surface area contributed by atoms with Crippen LogP contribution in [0.4, 0.5) is 17.5 Å². The number of hydrogen-bond donors (Lipinski definition) is 2. The Balaban J connectivity index is 1.52. The van der Waals surface area contributed by atoms with E-state index in [0.717, 1.165) is 45.1 Å². The van der Waals surface area contributed by atoms with Crippen molar-refractivity contribution >= 4 is 29.1 Å². The lowest BCUT2D eigenvalue weighted by Gasteiger charge is -2.26. The summed E-state index contributed by atoms with van der Waals surface area (Å²) in [5.74, 6) is 1.13. The molecule has 1 aliphatic rings. The number of nitrogens with zero attached hydrogens (tertiary/aromatic N) is 4. The van der Waals surface area contributed by atoms with E-state index >= 15 is 0 Å². The Kier molecular flexibility index (Phi) is 5.57. The minimum absolute atomic E-state index is 0.505. The third kappa shape index (κ3) is 5.02. The van der Waals surface area contributed by atoms with Crippen LogP contribution in [0.15, 0.2) is 30.5 Å². The zero-order valence-electron chi connectivity index (χ0n) is 12.7. The molecule has 1 aromatic carbocycles. The molecule has 7 nitrogen and oxygen atoms in total. The van der Waals surface area contributed by atoms with E-state index in [-0.39, 0.29) is 0 Å². The van der Waals surface area contributed by atoms with Gasteiger partial charge in [-0.15, -0.1) is 5.10 Å². The third-order valence-corrected chi connectivity index (χ3v) is 3.71. The van der Waals surface area contributed by atoms with Gasteiger partial charge in [-0.1, -0.05) is 17.7 Å². The number of nitrogens with one attached hydrogen (secondary N) is 2. The molecule has 0 aliphatic carbocycles. The SMILES string of the molecule is Clc1cccc(Nc2cnnc(NCCN3CCOCC3)n2)c1. The summed E-state index contributed by atoms with van der Waals surface area (Å²) in [7, 11) is 0. The molecule has 0 radical (unpaired) electrons. The highest BCUT2D eigenvalue weighted by Gasteiger charge is 2.09. The van der Waals surface area contributed by atoms with Crippen LogP contribution >= 0.6 is 11.6 Å². The quantitative estimate of drug-likeness (QED) is 0.837. The lowest BCUT2D eigenvalue weighted by atomic mass is 10.3. The van der Waals surface area contributed by atoms with Gasteiger partial charge in [-0.2, -0.15) is 10.1 Å². The number of ether oxygens (including phenoxy) is 1. The molecular formula is C15H19ClN6O. The molecule has 2 heterocycles. The molecule has 0 amide bonds. The van der Waals surface area contributed by atoms with Crippen LogP contribution in [0, 0.1) is 0 Å². The molecule has 1 fully saturated rings. The molecule has 8 heteroatoms. The smallest absolute Gasteiger partial charge is 0.244 e. The van der Waals surface area contributed by atoms with Crippen LogP contribution in [-0.2, 0) is 4.74 Å². The van der Waals surface area contributed by atoms with Gasteiger partial charge in [-0.05, 0) is 18.2 Å². The normalized spacial score (nSPS) is 15.3. The predicted molar refractivity (Wildman–Crippen MR) is 90.3 cm³/mol. The zero-order valence-corrected chi connectivity index (χ0v) is 13.5. The summed E-state index contributed by atoms with van der Waals surface area (Å²) in [4.78, 5) is 6.74. The molecule has 2 N–H and O–H groups in total. The summed E-state index contributed by atoms with van der Waals surface area (Å²) < 4.78 is 5.33. The first-order valence-corrected chi connectivity index (χ1v) is 7.94. The van der Waals surface area contributed by atoms with Gasteiger partial charge in [0.05, 0.1) is 19.4 Å². The number of benzene rings is 1. The van der Waals surface area contributed by atoms with Crippen molar-refractivity contribution in [1.29, 1.82) is 0 Å². The van der Waals surface area contributed by atoms with Crippen molar-refractivity contribution in [2.75, 3.05) is 50.0 Å². The molecule has 1 aliphatic heterocycles. The second kappa shape index (κ2) is 8.05. The largest absolute Gasteiger partial charge is 0.379 e. The van der Waals surface area contributed by atoms with E-state index < -0.39 is 0 Å². The molecule has 0 saturated carbocycles. The summed E-state index contributed by atoms with van der Waals surface area (Å²) in [6, 6.07) is 7.44. The molecule has 1 aromatic heterocycles. The van der Waals surface area contributed by atoms with Gasteiger partial charge in [-0.25, -0.2) is 0 Å². The van der Waals surface area contributed by atoms with Crippen LogP contribution in [0.5, 0.6) is 0 Å². The monoisotopic (exact) mass is 334 g/mol. The maximum atomic E-state index is 5.97. The highest BCUT2D eigenvalue weighted by Crippen LogP contribution is 2.18. The van der Waals surface area contributed by atoms with Crippen molar-refractivity contribution < 1.29 is 4.74 Å². The van der Waals surface area contributed by atoms with Gasteiger partial charge >= 0.3 is 0 Å². The van der Waals surface area contributed by atoms with E-state index in [4.69, 9.17) is 16.3 Å². The molecule has 2 aromatic rings. The summed E-state index contributed by atoms with van der Waals surface area (Å²) in [6.07, 6.45) is 1.58. The number of aromatic nitrogens is 3. The summed E-state index contributed by atoms with van der Waals surface area (Å²) in [6.45, 7) is 5.24. The number of morpholine rings is 1. The van der Waals surface area contributed by atoms with Crippen LogP contribution in [0.1, 0.15) is 0 Å². The van der Waals surface area contributed by atoms with E-state index in [1.165, 1.54) is 0 Å². The van der Waals surface area contributed by atoms with Gasteiger partial charge in [-0.3, -0.25) is 4.90 Å². The second-order valence-corrected chi connectivity index (χ2v) is 5.62. The highest BCUT2D eigenvalue weighted by atomic mass is 35.5. The maximum Gasteiger partial charge on any atom is 0.244 e. The number of rotatable bonds is 6. The van der Waals surface area contributed by atoms with Gasteiger partial charge in [0.2, 0.25) is 5.95 Å². The fourth-order valence-corrected chi connectivity index (χ4v) is 2.49. The van der Waals surface area contributed by atoms with Crippen molar-refractivity contribution in [3.63, 3.8) is 0 Å². The zero-order chi connectivity index (χ0) is 15.9. The first-order chi connectivity index (χ1) is 11.3. The number of anilines is 3. The van der Waals surface area contributed by atoms with Crippen molar-refractivity contribution in [3.05, 3.63) is 35.5 Å². The molecule has 0 bridgehead atoms. The van der Waals surface area contributed by atoms with Crippen LogP contribution in [0.2, 0.25) is 5.02 Å². The van der Waals surface area contributed by atoms with Crippen molar-refractivity contribution in [2.45, 2.75) is 0 Å². The van der Waals surface area contributed by atoms with E-state index in [9.17, 15) is 0 Å². The Morgan fingerprint density at radius 2 is 2.13 bits per heavy atom. The van der Waals surface area contributed by atoms with Crippen LogP contribution in [0.3, 0.4) is 0 Å². The predicted octanol–water partition coefficient (Wildman–Crippen LogP) is 2.01. The van der Waals surface area contributed by atoms with E-state index in [1.54, 1.807) is 6.20 Å². The highest BCUT2D eigenvalue weighted by molar-refractivity contribution is 6.30. The van der Waals surface area contributed by atoms with Gasteiger partial charge < -0.3 is 15.4 Å². The summed E-state index contributed by atoms with van der Waals surface area (Å²) in [5, 5.41) is 15.0.